The second kappa shape index (κ2) is 8.66. The predicted molar refractivity (Wildman–Crippen MR) is 62.7 cm³/mol. The maximum Gasteiger partial charge on any atom is -0.0548 e. The van der Waals surface area contributed by atoms with Gasteiger partial charge in [-0.3, -0.25) is 0 Å². The molecule has 1 fully saturated rings. The Bertz CT molecular complexity index is 84.7. The Morgan fingerprint density at radius 1 is 1.00 bits per heavy atom. The van der Waals surface area contributed by atoms with E-state index >= 15 is 0 Å². The Morgan fingerprint density at radius 3 is 1.45 bits per heavy atom. The minimum absolute atomic E-state index is 0.0799. The monoisotopic (exact) mass is 561 g/mol. The van der Waals surface area contributed by atoms with Gasteiger partial charge >= 0.3 is 49.9 Å². The molecule has 0 spiro atoms. The quantitative estimate of drug-likeness (QED) is 0.399. The van der Waals surface area contributed by atoms with E-state index in [1.165, 1.54) is 12.8 Å². The summed E-state index contributed by atoms with van der Waals surface area (Å²) in [5.41, 5.74) is 14.6. The van der Waals surface area contributed by atoms with Gasteiger partial charge in [-0.2, -0.15) is 12.1 Å². The molecule has 0 radical (unpaired) electrons. The van der Waals surface area contributed by atoms with Gasteiger partial charge in [0.15, 0.2) is 0 Å². The first-order chi connectivity index (χ1) is 5.22. The fourth-order valence-corrected chi connectivity index (χ4v) is 1.13. The second-order valence-electron chi connectivity index (χ2n) is 2.54. The van der Waals surface area contributed by atoms with E-state index in [1.807, 2.05) is 0 Å². The molecule has 0 aromatic rings. The van der Waals surface area contributed by atoms with E-state index in [1.54, 1.807) is 0 Å². The van der Waals surface area contributed by atoms with Crippen LogP contribution in [0.4, 0.5) is 0 Å². The van der Waals surface area contributed by atoms with Crippen molar-refractivity contribution < 1.29 is 11.2 Å². The summed E-state index contributed by atoms with van der Waals surface area (Å²) in [6.45, 7) is 0. The van der Waals surface area contributed by atoms with Crippen molar-refractivity contribution in [1.29, 1.82) is 0 Å². The molecule has 1 rings (SSSR count). The molecule has 2 N–H and O–H groups in total. The van der Waals surface area contributed by atoms with Gasteiger partial charge in [-0.1, -0.05) is 25.7 Å². The minimum Gasteiger partial charge on any atom is -0.676 e. The van der Waals surface area contributed by atoms with Crippen LogP contribution >= 0.6 is 38.7 Å². The summed E-state index contributed by atoms with van der Waals surface area (Å²) in [5.74, 6) is 0. The summed E-state index contributed by atoms with van der Waals surface area (Å²) in [5, 5.41) is 0. The number of hydrogen-bond donors (Lipinski definition) is 0. The molecule has 2 nitrogen and oxygen atoms in total. The summed E-state index contributed by atoms with van der Waals surface area (Å²) in [6.07, 6.45) is 4.25. The van der Waals surface area contributed by atoms with Gasteiger partial charge in [0.25, 0.3) is 0 Å². The average Bonchev–Trinajstić information content (AvgIpc) is 1.97. The first kappa shape index (κ1) is 13.1. The Hall–Kier alpha value is 2.07. The van der Waals surface area contributed by atoms with Gasteiger partial charge in [-0.15, -0.1) is 0 Å². The summed E-state index contributed by atoms with van der Waals surface area (Å²) < 4.78 is 0. The molecule has 1 saturated carbocycles. The molecule has 1 aliphatic rings. The third-order valence-corrected chi connectivity index (χ3v) is 1.77. The largest absolute Gasteiger partial charge is 0.676 e. The van der Waals surface area contributed by atoms with E-state index in [2.05, 4.69) is 38.7 Å². The summed E-state index contributed by atoms with van der Waals surface area (Å²) >= 11 is 5.30. The van der Waals surface area contributed by atoms with Crippen LogP contribution in [-0.2, 0) is 11.2 Å². The standard InChI is InChI=1S/C6H12N2.2HI.Pt/c7-5-3-1-2-4-6(5)8;;;/h5-8H,1-4H2;2*1H;/q-2;;;+4/p-2. The Labute approximate surface area is 97.8 Å². The van der Waals surface area contributed by atoms with Crippen molar-refractivity contribution >= 4 is 38.7 Å². The number of nitrogens with one attached hydrogen (secondary N) is 2. The van der Waals surface area contributed by atoms with Crippen molar-refractivity contribution in [2.45, 2.75) is 37.8 Å². The van der Waals surface area contributed by atoms with Gasteiger partial charge in [0.05, 0.1) is 0 Å². The molecular formula is C6H12I2N2Pt. The maximum atomic E-state index is 7.29. The molecule has 2 unspecified atom stereocenters. The topological polar surface area (TPSA) is 47.6 Å². The SMILES string of the molecule is [I][Pt+2][I].[NH-]C1CCCCC1[NH-]. The molecule has 0 saturated heterocycles. The zero-order chi connectivity index (χ0) is 8.69. The van der Waals surface area contributed by atoms with Crippen molar-refractivity contribution in [3.05, 3.63) is 11.5 Å². The van der Waals surface area contributed by atoms with Crippen LogP contribution in [0.3, 0.4) is 0 Å². The van der Waals surface area contributed by atoms with Crippen molar-refractivity contribution in [3.8, 4) is 0 Å². The van der Waals surface area contributed by atoms with Crippen LogP contribution in [0.1, 0.15) is 25.7 Å². The van der Waals surface area contributed by atoms with E-state index < -0.39 is 0 Å². The molecule has 0 aromatic carbocycles. The molecule has 0 aromatic heterocycles. The van der Waals surface area contributed by atoms with E-state index in [9.17, 15) is 0 Å². The predicted octanol–water partition coefficient (Wildman–Crippen LogP) is 4.17. The Morgan fingerprint density at radius 2 is 1.27 bits per heavy atom. The summed E-state index contributed by atoms with van der Waals surface area (Å²) in [4.78, 5) is 0. The van der Waals surface area contributed by atoms with Crippen LogP contribution < -0.4 is 0 Å². The molecule has 2 atom stereocenters. The van der Waals surface area contributed by atoms with Gasteiger partial charge < -0.3 is 11.5 Å². The van der Waals surface area contributed by atoms with Gasteiger partial charge in [0.2, 0.25) is 0 Å². The van der Waals surface area contributed by atoms with E-state index in [-0.39, 0.29) is 12.1 Å². The number of hydrogen-bond acceptors (Lipinski definition) is 0. The maximum absolute atomic E-state index is 7.29. The molecule has 0 aliphatic heterocycles. The normalized spacial score (nSPS) is 30.9. The second-order valence-corrected chi connectivity index (χ2v) is 19.1. The van der Waals surface area contributed by atoms with Crippen LogP contribution in [-0.4, -0.2) is 12.1 Å². The molecule has 0 heterocycles. The van der Waals surface area contributed by atoms with Crippen molar-refractivity contribution in [2.75, 3.05) is 0 Å². The zero-order valence-corrected chi connectivity index (χ0v) is 12.6. The fourth-order valence-electron chi connectivity index (χ4n) is 1.13. The summed E-state index contributed by atoms with van der Waals surface area (Å²) in [7, 11) is 0. The zero-order valence-electron chi connectivity index (χ0n) is 6.06. The molecule has 11 heavy (non-hydrogen) atoms. The van der Waals surface area contributed by atoms with Gasteiger partial charge in [-0.05, 0) is 0 Å². The van der Waals surface area contributed by atoms with Gasteiger partial charge in [-0.25, -0.2) is 0 Å². The van der Waals surface area contributed by atoms with E-state index in [0.717, 1.165) is 12.8 Å². The average molecular weight is 561 g/mol. The molecule has 70 valence electrons. The smallest absolute Gasteiger partial charge is 0.0548 e. The third-order valence-electron chi connectivity index (χ3n) is 1.77. The molecular weight excluding hydrogens is 549 g/mol. The van der Waals surface area contributed by atoms with Gasteiger partial charge in [0.1, 0.15) is 0 Å². The van der Waals surface area contributed by atoms with Crippen LogP contribution in [0.2, 0.25) is 0 Å². The fraction of sp³-hybridized carbons (Fsp3) is 1.00. The van der Waals surface area contributed by atoms with Gasteiger partial charge in [0, 0.05) is 0 Å². The van der Waals surface area contributed by atoms with Crippen LogP contribution in [0, 0.1) is 0 Å². The van der Waals surface area contributed by atoms with Crippen molar-refractivity contribution in [3.63, 3.8) is 0 Å². The van der Waals surface area contributed by atoms with Crippen LogP contribution in [0.15, 0.2) is 0 Å². The van der Waals surface area contributed by atoms with E-state index in [4.69, 9.17) is 11.5 Å². The number of halogens is 2. The first-order valence-corrected chi connectivity index (χ1v) is 16.4. The Kier molecular flexibility index (Phi) is 10.3. The molecule has 0 bridgehead atoms. The molecule has 5 heteroatoms. The first-order valence-electron chi connectivity index (χ1n) is 3.47. The minimum atomic E-state index is -0.0799. The Balaban J connectivity index is 0.000000292. The number of rotatable bonds is 0. The summed E-state index contributed by atoms with van der Waals surface area (Å²) in [6, 6.07) is -0.160. The van der Waals surface area contributed by atoms with Crippen LogP contribution in [0.5, 0.6) is 0 Å². The van der Waals surface area contributed by atoms with Crippen molar-refractivity contribution in [1.82, 2.24) is 0 Å². The molecule has 1 aliphatic carbocycles. The van der Waals surface area contributed by atoms with Crippen LogP contribution in [0.25, 0.3) is 11.5 Å². The molecule has 0 amide bonds. The van der Waals surface area contributed by atoms with Crippen molar-refractivity contribution in [2.24, 2.45) is 0 Å². The third kappa shape index (κ3) is 7.16. The van der Waals surface area contributed by atoms with E-state index in [0.29, 0.717) is 11.2 Å².